The lowest BCUT2D eigenvalue weighted by molar-refractivity contribution is -0.137. The van der Waals surface area contributed by atoms with E-state index >= 15 is 0 Å². The lowest BCUT2D eigenvalue weighted by Crippen LogP contribution is -2.29. The first-order valence-electron chi connectivity index (χ1n) is 21.1. The van der Waals surface area contributed by atoms with E-state index in [1.165, 1.54) is 50.2 Å². The van der Waals surface area contributed by atoms with Crippen molar-refractivity contribution in [3.63, 3.8) is 0 Å². The number of halogens is 4. The van der Waals surface area contributed by atoms with Crippen LogP contribution in [0.5, 0.6) is 11.5 Å². The second-order valence-corrected chi connectivity index (χ2v) is 15.3. The number of benzene rings is 4. The molecule has 61 heavy (non-hydrogen) atoms. The molecule has 4 aromatic carbocycles. The minimum absolute atomic E-state index is 0.0463. The summed E-state index contributed by atoms with van der Waals surface area (Å²) in [5.74, 6) is 0.241. The molecule has 4 aromatic rings. The molecule has 0 aliphatic carbocycles. The standard InChI is InChI=1S/C27H31NO4.C11H12FNO.C9H18.C3H5F3/c1-31-24-16-19(18-28-14-4-3-5-15-28)17-25(32-2)27(24)23-11-7-9-21-20(12-13-26(29)30)8-6-10-22(21)23;1-6(2)8-4-7(3)10(11(13)14)9(12)5-8;1-4-6-7-8-9(3)5-2;1-2-3(4,5)6/h6-11,16-17H,3-5,12-15,18H2,1-2H3,(H,29,30);4-5H,1H2,2-3H3,(H2,13,14);7-9H,4-6H2,1-3H3;2H2,1H3/b;;8-7-;. The predicted molar refractivity (Wildman–Crippen MR) is 242 cm³/mol. The van der Waals surface area contributed by atoms with Gasteiger partial charge in [-0.1, -0.05) is 114 Å². The number of carbonyl (C=O) groups is 2. The van der Waals surface area contributed by atoms with Gasteiger partial charge in [0.05, 0.1) is 25.3 Å². The number of nitrogens with zero attached hydrogens (tertiary/aromatic N) is 1. The first kappa shape index (κ1) is 52.0. The molecule has 1 atom stereocenters. The van der Waals surface area contributed by atoms with Crippen LogP contribution in [-0.2, 0) is 17.8 Å². The number of methoxy groups -OCH3 is 2. The minimum atomic E-state index is -3.96. The second-order valence-electron chi connectivity index (χ2n) is 15.3. The zero-order valence-electron chi connectivity index (χ0n) is 37.3. The van der Waals surface area contributed by atoms with Crippen LogP contribution in [0, 0.1) is 18.7 Å². The number of likely N-dealkylation sites (tertiary alicyclic amines) is 1. The van der Waals surface area contributed by atoms with Gasteiger partial charge in [-0.15, -0.1) is 0 Å². The topological polar surface area (TPSA) is 102 Å². The molecule has 1 aliphatic heterocycles. The van der Waals surface area contributed by atoms with Crippen molar-refractivity contribution in [3.8, 4) is 22.6 Å². The third kappa shape index (κ3) is 17.4. The van der Waals surface area contributed by atoms with Crippen LogP contribution in [0.2, 0.25) is 0 Å². The monoisotopic (exact) mass is 850 g/mol. The van der Waals surface area contributed by atoms with Crippen molar-refractivity contribution in [2.24, 2.45) is 11.7 Å². The average molecular weight is 851 g/mol. The molecule has 3 N–H and O–H groups in total. The van der Waals surface area contributed by atoms with Crippen molar-refractivity contribution >= 4 is 28.2 Å². The molecule has 0 spiro atoms. The second kappa shape index (κ2) is 26.2. The quantitative estimate of drug-likeness (QED) is 0.0968. The fourth-order valence-electron chi connectivity index (χ4n) is 6.69. The van der Waals surface area contributed by atoms with E-state index in [9.17, 15) is 27.2 Å². The highest BCUT2D eigenvalue weighted by atomic mass is 19.4. The van der Waals surface area contributed by atoms with Gasteiger partial charge in [-0.3, -0.25) is 14.5 Å². The number of rotatable bonds is 14. The number of hydrogen-bond donors (Lipinski definition) is 2. The smallest absolute Gasteiger partial charge is 0.388 e. The molecule has 1 fully saturated rings. The molecule has 11 heteroatoms. The zero-order chi connectivity index (χ0) is 45.7. The number of fused-ring (bicyclic) bond motifs is 1. The van der Waals surface area contributed by atoms with Gasteiger partial charge in [0, 0.05) is 19.4 Å². The number of aliphatic carboxylic acids is 1. The van der Waals surface area contributed by atoms with E-state index in [0.717, 1.165) is 77.0 Å². The van der Waals surface area contributed by atoms with Crippen molar-refractivity contribution in [1.29, 1.82) is 0 Å². The largest absolute Gasteiger partial charge is 0.496 e. The van der Waals surface area contributed by atoms with Crippen molar-refractivity contribution < 1.29 is 41.7 Å². The van der Waals surface area contributed by atoms with Gasteiger partial charge in [0.25, 0.3) is 5.91 Å². The van der Waals surface area contributed by atoms with Crippen LogP contribution in [0.25, 0.3) is 27.5 Å². The molecule has 0 saturated carbocycles. The van der Waals surface area contributed by atoms with Crippen molar-refractivity contribution in [2.75, 3.05) is 27.3 Å². The van der Waals surface area contributed by atoms with E-state index in [2.05, 4.69) is 74.7 Å². The Hall–Kier alpha value is -5.16. The van der Waals surface area contributed by atoms with Gasteiger partial charge >= 0.3 is 12.1 Å². The molecule has 334 valence electrons. The number of ether oxygens (including phenoxy) is 2. The Morgan fingerprint density at radius 1 is 0.951 bits per heavy atom. The van der Waals surface area contributed by atoms with Crippen LogP contribution in [0.4, 0.5) is 17.6 Å². The van der Waals surface area contributed by atoms with Crippen LogP contribution in [0.3, 0.4) is 0 Å². The first-order valence-corrected chi connectivity index (χ1v) is 21.1. The van der Waals surface area contributed by atoms with E-state index in [1.807, 2.05) is 18.2 Å². The van der Waals surface area contributed by atoms with Crippen molar-refractivity contribution in [2.45, 2.75) is 112 Å². The van der Waals surface area contributed by atoms with E-state index in [0.29, 0.717) is 17.5 Å². The van der Waals surface area contributed by atoms with E-state index in [1.54, 1.807) is 34.1 Å². The SMILES string of the molecule is C=C(C)c1cc(C)c(C(N)=O)c(F)c1.CCC(F)(F)F.CCC/C=C\C(C)CC.COc1cc(CN2CCCCC2)cc(OC)c1-c1cccc2c(CCC(=O)O)cccc12. The number of allylic oxidation sites excluding steroid dienone is 3. The van der Waals surface area contributed by atoms with Crippen LogP contribution in [0.15, 0.2) is 79.4 Å². The molecular formula is C50H66F4N2O5. The number of carbonyl (C=O) groups excluding carboxylic acids is 1. The molecule has 1 saturated heterocycles. The number of nitrogens with two attached hydrogens (primary N) is 1. The van der Waals surface area contributed by atoms with Crippen molar-refractivity contribution in [1.82, 2.24) is 4.90 Å². The van der Waals surface area contributed by atoms with Gasteiger partial charge < -0.3 is 20.3 Å². The third-order valence-electron chi connectivity index (χ3n) is 10.3. The lowest BCUT2D eigenvalue weighted by Gasteiger charge is -2.27. The highest BCUT2D eigenvalue weighted by Gasteiger charge is 2.23. The number of aryl methyl sites for hydroxylation is 2. The van der Waals surface area contributed by atoms with Crippen molar-refractivity contribution in [3.05, 3.63) is 113 Å². The number of primary amides is 1. The maximum absolute atomic E-state index is 13.4. The van der Waals surface area contributed by atoms with Gasteiger partial charge in [-0.05, 0) is 115 Å². The minimum Gasteiger partial charge on any atom is -0.496 e. The maximum atomic E-state index is 13.4. The summed E-state index contributed by atoms with van der Waals surface area (Å²) in [4.78, 5) is 24.5. The molecule has 0 radical (unpaired) electrons. The Balaban J connectivity index is 0.000000362. The average Bonchev–Trinajstić information content (AvgIpc) is 3.22. The normalized spacial score (nSPS) is 13.2. The number of unbranched alkanes of at least 4 members (excludes halogenated alkanes) is 1. The Labute approximate surface area is 360 Å². The fraction of sp³-hybridized carbons (Fsp3) is 0.440. The van der Waals surface area contributed by atoms with E-state index in [-0.39, 0.29) is 12.0 Å². The van der Waals surface area contributed by atoms with Crippen LogP contribution in [0.1, 0.15) is 119 Å². The summed E-state index contributed by atoms with van der Waals surface area (Å²) < 4.78 is 57.4. The van der Waals surface area contributed by atoms with E-state index < -0.39 is 30.3 Å². The number of piperidine rings is 1. The number of carboxylic acids is 1. The maximum Gasteiger partial charge on any atom is 0.388 e. The molecule has 0 bridgehead atoms. The molecule has 1 unspecified atom stereocenters. The summed E-state index contributed by atoms with van der Waals surface area (Å²) in [5.41, 5.74) is 11.1. The highest BCUT2D eigenvalue weighted by molar-refractivity contribution is 6.01. The Kier molecular flexibility index (Phi) is 22.4. The summed E-state index contributed by atoms with van der Waals surface area (Å²) >= 11 is 0. The summed E-state index contributed by atoms with van der Waals surface area (Å²) in [6.45, 7) is 18.1. The lowest BCUT2D eigenvalue weighted by atomic mass is 9.92. The molecule has 1 amide bonds. The Morgan fingerprint density at radius 2 is 1.54 bits per heavy atom. The van der Waals surface area contributed by atoms with Gasteiger partial charge in [-0.25, -0.2) is 4.39 Å². The van der Waals surface area contributed by atoms with Crippen LogP contribution >= 0.6 is 0 Å². The molecular weight excluding hydrogens is 785 g/mol. The highest BCUT2D eigenvalue weighted by Crippen LogP contribution is 2.43. The molecule has 7 nitrogen and oxygen atoms in total. The van der Waals surface area contributed by atoms with Gasteiger partial charge in [-0.2, -0.15) is 13.2 Å². The number of carboxylic acid groups (broad SMARTS) is 1. The first-order chi connectivity index (χ1) is 28.9. The van der Waals surface area contributed by atoms with Gasteiger partial charge in [0.1, 0.15) is 17.3 Å². The summed E-state index contributed by atoms with van der Waals surface area (Å²) in [6.07, 6.45) is 8.12. The third-order valence-corrected chi connectivity index (χ3v) is 10.3. The summed E-state index contributed by atoms with van der Waals surface area (Å²) in [5, 5.41) is 11.3. The summed E-state index contributed by atoms with van der Waals surface area (Å²) in [7, 11) is 3.40. The Morgan fingerprint density at radius 3 is 2.03 bits per heavy atom. The predicted octanol–water partition coefficient (Wildman–Crippen LogP) is 13.1. The van der Waals surface area contributed by atoms with Gasteiger partial charge in [0.15, 0.2) is 0 Å². The zero-order valence-corrected chi connectivity index (χ0v) is 37.3. The molecule has 5 rings (SSSR count). The summed E-state index contributed by atoms with van der Waals surface area (Å²) in [6, 6.07) is 19.4. The van der Waals surface area contributed by atoms with Gasteiger partial charge in [0.2, 0.25) is 0 Å². The molecule has 1 heterocycles. The molecule has 1 aliphatic rings. The Bertz CT molecular complexity index is 2010. The number of hydrogen-bond acceptors (Lipinski definition) is 5. The van der Waals surface area contributed by atoms with Crippen LogP contribution < -0.4 is 15.2 Å². The van der Waals surface area contributed by atoms with E-state index in [4.69, 9.17) is 20.3 Å². The molecule has 0 aromatic heterocycles. The fourth-order valence-corrected chi connectivity index (χ4v) is 6.69. The number of alkyl halides is 3. The number of amides is 1. The van der Waals surface area contributed by atoms with Crippen LogP contribution in [-0.4, -0.2) is 55.4 Å².